The summed E-state index contributed by atoms with van der Waals surface area (Å²) in [5.41, 5.74) is 2.91. The van der Waals surface area contributed by atoms with Gasteiger partial charge < -0.3 is 5.32 Å². The lowest BCUT2D eigenvalue weighted by molar-refractivity contribution is -0.117. The molecule has 8 heteroatoms. The molecule has 0 bridgehead atoms. The first-order valence-electron chi connectivity index (χ1n) is 10.1. The highest BCUT2D eigenvalue weighted by atomic mass is 32.2. The van der Waals surface area contributed by atoms with Gasteiger partial charge in [-0.2, -0.15) is 0 Å². The monoisotopic (exact) mass is 465 g/mol. The summed E-state index contributed by atoms with van der Waals surface area (Å²) in [6.45, 7) is 1.48. The second-order valence-electron chi connectivity index (χ2n) is 7.59. The zero-order chi connectivity index (χ0) is 22.6. The zero-order valence-electron chi connectivity index (χ0n) is 17.6. The first-order chi connectivity index (χ1) is 15.4. The lowest BCUT2D eigenvalue weighted by Gasteiger charge is -2.22. The molecule has 164 valence electrons. The summed E-state index contributed by atoms with van der Waals surface area (Å²) in [7, 11) is -3.30. The summed E-state index contributed by atoms with van der Waals surface area (Å²) in [5, 5.41) is 3.32. The first-order valence-corrected chi connectivity index (χ1v) is 12.8. The number of rotatable bonds is 8. The number of sulfone groups is 1. The van der Waals surface area contributed by atoms with Gasteiger partial charge in [-0.1, -0.05) is 72.0 Å². The van der Waals surface area contributed by atoms with Gasteiger partial charge in [-0.15, -0.1) is 0 Å². The number of hydrogen-bond acceptors (Lipinski definition) is 6. The number of fused-ring (bicyclic) bond motifs is 1. The third kappa shape index (κ3) is 5.79. The minimum absolute atomic E-state index is 0.167. The van der Waals surface area contributed by atoms with E-state index in [-0.39, 0.29) is 17.3 Å². The Morgan fingerprint density at radius 3 is 2.09 bits per heavy atom. The van der Waals surface area contributed by atoms with E-state index in [2.05, 4.69) is 15.2 Å². The van der Waals surface area contributed by atoms with E-state index in [9.17, 15) is 13.2 Å². The Hall–Kier alpha value is -3.07. The van der Waals surface area contributed by atoms with E-state index < -0.39 is 9.84 Å². The molecule has 0 spiro atoms. The second-order valence-corrected chi connectivity index (χ2v) is 10.6. The Morgan fingerprint density at radius 1 is 0.938 bits per heavy atom. The molecule has 0 radical (unpaired) electrons. The topological polar surface area (TPSA) is 79.4 Å². The van der Waals surface area contributed by atoms with Gasteiger partial charge in [0, 0.05) is 19.3 Å². The standard InChI is InChI=1S/C24H23N3O3S2/c1-32(29,30)20-12-13-21-22(14-20)31-24(25-21)26-23(28)17-27(15-18-8-4-2-5-9-18)16-19-10-6-3-7-11-19/h2-14H,15-17H2,1H3,(H,25,26,28). The number of benzene rings is 3. The van der Waals surface area contributed by atoms with Gasteiger partial charge in [-0.05, 0) is 29.3 Å². The molecule has 1 amide bonds. The fourth-order valence-corrected chi connectivity index (χ4v) is 5.04. The van der Waals surface area contributed by atoms with E-state index in [0.717, 1.165) is 11.1 Å². The van der Waals surface area contributed by atoms with Crippen LogP contribution in [0.4, 0.5) is 5.13 Å². The van der Waals surface area contributed by atoms with Gasteiger partial charge in [0.1, 0.15) is 0 Å². The van der Waals surface area contributed by atoms with Crippen molar-refractivity contribution in [3.8, 4) is 0 Å². The van der Waals surface area contributed by atoms with E-state index in [1.54, 1.807) is 12.1 Å². The average Bonchev–Trinajstić information content (AvgIpc) is 3.15. The van der Waals surface area contributed by atoms with Crippen molar-refractivity contribution in [2.45, 2.75) is 18.0 Å². The van der Waals surface area contributed by atoms with Gasteiger partial charge in [0.15, 0.2) is 15.0 Å². The number of carbonyl (C=O) groups is 1. The summed E-state index contributed by atoms with van der Waals surface area (Å²) >= 11 is 1.26. The number of nitrogens with zero attached hydrogens (tertiary/aromatic N) is 2. The van der Waals surface area contributed by atoms with Crippen LogP contribution in [0.1, 0.15) is 11.1 Å². The van der Waals surface area contributed by atoms with Gasteiger partial charge in [0.05, 0.1) is 21.7 Å². The lowest BCUT2D eigenvalue weighted by atomic mass is 10.1. The van der Waals surface area contributed by atoms with Crippen LogP contribution in [0.5, 0.6) is 0 Å². The van der Waals surface area contributed by atoms with Crippen LogP contribution in [0.3, 0.4) is 0 Å². The van der Waals surface area contributed by atoms with E-state index >= 15 is 0 Å². The summed E-state index contributed by atoms with van der Waals surface area (Å²) in [5.74, 6) is -0.167. The van der Waals surface area contributed by atoms with Crippen molar-refractivity contribution < 1.29 is 13.2 Å². The average molecular weight is 466 g/mol. The molecular weight excluding hydrogens is 442 g/mol. The molecule has 0 unspecified atom stereocenters. The molecule has 6 nitrogen and oxygen atoms in total. The van der Waals surface area contributed by atoms with Crippen molar-refractivity contribution >= 4 is 42.4 Å². The molecule has 0 saturated carbocycles. The van der Waals surface area contributed by atoms with E-state index in [1.165, 1.54) is 23.7 Å². The number of hydrogen-bond donors (Lipinski definition) is 1. The maximum atomic E-state index is 12.8. The molecule has 1 N–H and O–H groups in total. The number of amides is 1. The lowest BCUT2D eigenvalue weighted by Crippen LogP contribution is -2.32. The number of anilines is 1. The maximum Gasteiger partial charge on any atom is 0.240 e. The largest absolute Gasteiger partial charge is 0.301 e. The molecule has 32 heavy (non-hydrogen) atoms. The van der Waals surface area contributed by atoms with Gasteiger partial charge in [0.2, 0.25) is 5.91 Å². The Kier molecular flexibility index (Phi) is 6.64. The first kappa shape index (κ1) is 22.1. The van der Waals surface area contributed by atoms with Crippen molar-refractivity contribution in [3.63, 3.8) is 0 Å². The summed E-state index contributed by atoms with van der Waals surface area (Å²) < 4.78 is 24.3. The summed E-state index contributed by atoms with van der Waals surface area (Å²) in [4.78, 5) is 19.6. The molecule has 0 aliphatic rings. The Bertz CT molecular complexity index is 1280. The van der Waals surface area contributed by atoms with Gasteiger partial charge in [-0.3, -0.25) is 9.69 Å². The third-order valence-corrected chi connectivity index (χ3v) is 6.94. The highest BCUT2D eigenvalue weighted by Crippen LogP contribution is 2.28. The predicted molar refractivity (Wildman–Crippen MR) is 128 cm³/mol. The molecular formula is C24H23N3O3S2. The minimum atomic E-state index is -3.30. The molecule has 4 aromatic rings. The molecule has 1 aromatic heterocycles. The van der Waals surface area contributed by atoms with Crippen LogP contribution in [0.15, 0.2) is 83.8 Å². The maximum absolute atomic E-state index is 12.8. The van der Waals surface area contributed by atoms with Crippen molar-refractivity contribution in [3.05, 3.63) is 90.0 Å². The van der Waals surface area contributed by atoms with E-state index in [1.807, 2.05) is 60.7 Å². The molecule has 4 rings (SSSR count). The Morgan fingerprint density at radius 2 is 1.53 bits per heavy atom. The quantitative estimate of drug-likeness (QED) is 0.419. The van der Waals surface area contributed by atoms with Crippen LogP contribution in [-0.2, 0) is 27.7 Å². The van der Waals surface area contributed by atoms with Crippen LogP contribution < -0.4 is 5.32 Å². The van der Waals surface area contributed by atoms with Crippen molar-refractivity contribution in [1.29, 1.82) is 0 Å². The fourth-order valence-electron chi connectivity index (χ4n) is 3.40. The van der Waals surface area contributed by atoms with Crippen LogP contribution in [0.2, 0.25) is 0 Å². The second kappa shape index (κ2) is 9.60. The molecule has 0 aliphatic heterocycles. The third-order valence-electron chi connectivity index (χ3n) is 4.90. The Labute approximate surface area is 191 Å². The number of thiazole rings is 1. The molecule has 0 saturated heterocycles. The van der Waals surface area contributed by atoms with Crippen molar-refractivity contribution in [2.75, 3.05) is 18.1 Å². The SMILES string of the molecule is CS(=O)(=O)c1ccc2nc(NC(=O)CN(Cc3ccccc3)Cc3ccccc3)sc2c1. The molecule has 1 heterocycles. The van der Waals surface area contributed by atoms with Gasteiger partial charge in [0.25, 0.3) is 0 Å². The molecule has 3 aromatic carbocycles. The molecule has 0 aliphatic carbocycles. The van der Waals surface area contributed by atoms with E-state index in [0.29, 0.717) is 28.4 Å². The normalized spacial score (nSPS) is 11.7. The fraction of sp³-hybridized carbons (Fsp3) is 0.167. The summed E-state index contributed by atoms with van der Waals surface area (Å²) in [6.07, 6.45) is 1.17. The summed E-state index contributed by atoms with van der Waals surface area (Å²) in [6, 6.07) is 24.9. The molecule has 0 fully saturated rings. The van der Waals surface area contributed by atoms with Crippen LogP contribution >= 0.6 is 11.3 Å². The predicted octanol–water partition coefficient (Wildman–Crippen LogP) is 4.34. The van der Waals surface area contributed by atoms with Crippen LogP contribution in [0, 0.1) is 0 Å². The molecule has 0 atom stereocenters. The highest BCUT2D eigenvalue weighted by Gasteiger charge is 2.15. The van der Waals surface area contributed by atoms with E-state index in [4.69, 9.17) is 0 Å². The Balaban J connectivity index is 1.48. The van der Waals surface area contributed by atoms with Crippen LogP contribution in [-0.4, -0.2) is 37.0 Å². The zero-order valence-corrected chi connectivity index (χ0v) is 19.2. The van der Waals surface area contributed by atoms with Gasteiger partial charge >= 0.3 is 0 Å². The highest BCUT2D eigenvalue weighted by molar-refractivity contribution is 7.90. The number of nitrogens with one attached hydrogen (secondary N) is 1. The van der Waals surface area contributed by atoms with Crippen LogP contribution in [0.25, 0.3) is 10.2 Å². The van der Waals surface area contributed by atoms with Gasteiger partial charge in [-0.25, -0.2) is 13.4 Å². The smallest absolute Gasteiger partial charge is 0.240 e. The van der Waals surface area contributed by atoms with Crippen molar-refractivity contribution in [2.24, 2.45) is 0 Å². The minimum Gasteiger partial charge on any atom is -0.301 e. The van der Waals surface area contributed by atoms with Crippen molar-refractivity contribution in [1.82, 2.24) is 9.88 Å². The number of aromatic nitrogens is 1. The number of carbonyl (C=O) groups excluding carboxylic acids is 1.